The number of thiazole rings is 1. The molecule has 0 radical (unpaired) electrons. The molecule has 7 nitrogen and oxygen atoms in total. The first-order valence-corrected chi connectivity index (χ1v) is 13.8. The van der Waals surface area contributed by atoms with Gasteiger partial charge in [-0.2, -0.15) is 4.31 Å². The van der Waals surface area contributed by atoms with Crippen molar-refractivity contribution in [3.8, 4) is 0 Å². The molecular weight excluding hydrogens is 492 g/mol. The fourth-order valence-corrected chi connectivity index (χ4v) is 7.10. The number of aryl methyl sites for hydroxylation is 2. The van der Waals surface area contributed by atoms with Gasteiger partial charge in [0.05, 0.1) is 15.1 Å². The van der Waals surface area contributed by atoms with Gasteiger partial charge in [-0.3, -0.25) is 9.69 Å². The molecule has 1 amide bonds. The van der Waals surface area contributed by atoms with Crippen molar-refractivity contribution in [3.05, 3.63) is 52.5 Å². The Bertz CT molecular complexity index is 1310. The van der Waals surface area contributed by atoms with Crippen molar-refractivity contribution >= 4 is 54.2 Å². The minimum Gasteiger partial charge on any atom is -0.308 e. The van der Waals surface area contributed by atoms with E-state index < -0.39 is 16.1 Å². The lowest BCUT2D eigenvalue weighted by Crippen LogP contribution is -2.49. The predicted molar refractivity (Wildman–Crippen MR) is 138 cm³/mol. The quantitative estimate of drug-likeness (QED) is 0.464. The van der Waals surface area contributed by atoms with Gasteiger partial charge in [0.2, 0.25) is 15.9 Å². The van der Waals surface area contributed by atoms with Crippen molar-refractivity contribution < 1.29 is 13.2 Å². The molecule has 2 heterocycles. The summed E-state index contributed by atoms with van der Waals surface area (Å²) in [6.07, 6.45) is 1.11. The van der Waals surface area contributed by atoms with E-state index in [9.17, 15) is 13.2 Å². The molecule has 34 heavy (non-hydrogen) atoms. The zero-order valence-corrected chi connectivity index (χ0v) is 22.2. The lowest BCUT2D eigenvalue weighted by molar-refractivity contribution is -0.121. The number of halogens is 1. The van der Waals surface area contributed by atoms with Crippen molar-refractivity contribution in [2.75, 3.05) is 38.6 Å². The average molecular weight is 521 g/mol. The van der Waals surface area contributed by atoms with Gasteiger partial charge in [0.1, 0.15) is 6.04 Å². The molecule has 1 aromatic heterocycles. The molecule has 10 heteroatoms. The number of carbonyl (C=O) groups is 1. The second-order valence-corrected chi connectivity index (χ2v) is 12.3. The van der Waals surface area contributed by atoms with Gasteiger partial charge in [-0.05, 0) is 82.2 Å². The first-order valence-electron chi connectivity index (χ1n) is 11.2. The zero-order chi connectivity index (χ0) is 24.6. The van der Waals surface area contributed by atoms with Crippen molar-refractivity contribution in [1.29, 1.82) is 0 Å². The summed E-state index contributed by atoms with van der Waals surface area (Å²) in [4.78, 5) is 22.5. The standard InChI is InChI=1S/C24H29ClN4O3S2/c1-16-14-17(2)22-20(15-16)26-24(33-22)28(13-12-27(3)4)23(30)21-6-5-11-29(21)34(31,32)19-9-7-18(25)8-10-19/h7-10,14-15,21H,5-6,11-13H2,1-4H3. The van der Waals surface area contributed by atoms with E-state index >= 15 is 0 Å². The maximum absolute atomic E-state index is 13.9. The van der Waals surface area contributed by atoms with Gasteiger partial charge in [0, 0.05) is 24.7 Å². The average Bonchev–Trinajstić information content (AvgIpc) is 3.42. The fraction of sp³-hybridized carbons (Fsp3) is 0.417. The molecule has 0 aliphatic carbocycles. The number of aromatic nitrogens is 1. The second kappa shape index (κ2) is 9.91. The Morgan fingerprint density at radius 2 is 1.88 bits per heavy atom. The minimum atomic E-state index is -3.83. The Kier molecular flexibility index (Phi) is 7.30. The first-order chi connectivity index (χ1) is 16.1. The zero-order valence-electron chi connectivity index (χ0n) is 19.8. The summed E-state index contributed by atoms with van der Waals surface area (Å²) in [5, 5.41) is 1.07. The number of hydrogen-bond acceptors (Lipinski definition) is 6. The second-order valence-electron chi connectivity index (χ2n) is 8.95. The molecular formula is C24H29ClN4O3S2. The highest BCUT2D eigenvalue weighted by atomic mass is 35.5. The molecule has 1 aliphatic heterocycles. The van der Waals surface area contributed by atoms with Gasteiger partial charge in [-0.1, -0.05) is 29.0 Å². The third-order valence-corrected chi connectivity index (χ3v) is 9.39. The number of fused-ring (bicyclic) bond motifs is 1. The highest BCUT2D eigenvalue weighted by Gasteiger charge is 2.42. The summed E-state index contributed by atoms with van der Waals surface area (Å²) in [5.41, 5.74) is 3.09. The number of anilines is 1. The number of nitrogens with zero attached hydrogens (tertiary/aromatic N) is 4. The Morgan fingerprint density at radius 1 is 1.18 bits per heavy atom. The lowest BCUT2D eigenvalue weighted by atomic mass is 10.1. The van der Waals surface area contributed by atoms with E-state index in [0.717, 1.165) is 21.3 Å². The van der Waals surface area contributed by atoms with Crippen LogP contribution in [0.1, 0.15) is 24.0 Å². The molecule has 1 atom stereocenters. The SMILES string of the molecule is Cc1cc(C)c2sc(N(CCN(C)C)C(=O)C3CCCN3S(=O)(=O)c3ccc(Cl)cc3)nc2c1. The Morgan fingerprint density at radius 3 is 2.56 bits per heavy atom. The lowest BCUT2D eigenvalue weighted by Gasteiger charge is -2.29. The van der Waals surface area contributed by atoms with Crippen LogP contribution >= 0.6 is 22.9 Å². The number of hydrogen-bond donors (Lipinski definition) is 0. The van der Waals surface area contributed by atoms with Gasteiger partial charge in [-0.15, -0.1) is 0 Å². The smallest absolute Gasteiger partial charge is 0.247 e. The summed E-state index contributed by atoms with van der Waals surface area (Å²) in [7, 11) is 0.0578. The third kappa shape index (κ3) is 4.99. The van der Waals surface area contributed by atoms with Crippen molar-refractivity contribution in [3.63, 3.8) is 0 Å². The maximum atomic E-state index is 13.9. The Labute approximate surface area is 210 Å². The van der Waals surface area contributed by atoms with Crippen LogP contribution < -0.4 is 4.90 Å². The van der Waals surface area contributed by atoms with E-state index in [1.807, 2.05) is 38.9 Å². The molecule has 1 fully saturated rings. The van der Waals surface area contributed by atoms with E-state index in [2.05, 4.69) is 6.07 Å². The summed E-state index contributed by atoms with van der Waals surface area (Å²) >= 11 is 7.42. The van der Waals surface area contributed by atoms with Gasteiger partial charge < -0.3 is 4.90 Å². The van der Waals surface area contributed by atoms with Gasteiger partial charge in [-0.25, -0.2) is 13.4 Å². The summed E-state index contributed by atoms with van der Waals surface area (Å²) in [6.45, 7) is 5.44. The fourth-order valence-electron chi connectivity index (χ4n) is 4.28. The molecule has 182 valence electrons. The van der Waals surface area contributed by atoms with Crippen molar-refractivity contribution in [2.45, 2.75) is 37.6 Å². The van der Waals surface area contributed by atoms with Crippen LogP contribution in [0.4, 0.5) is 5.13 Å². The van der Waals surface area contributed by atoms with E-state index in [0.29, 0.717) is 42.6 Å². The molecule has 0 saturated carbocycles. The van der Waals surface area contributed by atoms with Gasteiger partial charge in [0.15, 0.2) is 5.13 Å². The number of benzene rings is 2. The molecule has 0 bridgehead atoms. The number of rotatable bonds is 7. The maximum Gasteiger partial charge on any atom is 0.247 e. The van der Waals surface area contributed by atoms with Crippen LogP contribution in [-0.4, -0.2) is 68.3 Å². The molecule has 1 aliphatic rings. The van der Waals surface area contributed by atoms with E-state index in [1.165, 1.54) is 27.8 Å². The van der Waals surface area contributed by atoms with Crippen LogP contribution in [-0.2, 0) is 14.8 Å². The number of sulfonamides is 1. The monoisotopic (exact) mass is 520 g/mol. The van der Waals surface area contributed by atoms with Crippen LogP contribution in [0.15, 0.2) is 41.3 Å². The summed E-state index contributed by atoms with van der Waals surface area (Å²) < 4.78 is 29.2. The van der Waals surface area contributed by atoms with Gasteiger partial charge in [0.25, 0.3) is 0 Å². The van der Waals surface area contributed by atoms with Crippen LogP contribution in [0.5, 0.6) is 0 Å². The molecule has 4 rings (SSSR count). The highest BCUT2D eigenvalue weighted by molar-refractivity contribution is 7.89. The van der Waals surface area contributed by atoms with Crippen LogP contribution in [0, 0.1) is 13.8 Å². The predicted octanol–water partition coefficient (Wildman–Crippen LogP) is 4.31. The van der Waals surface area contributed by atoms with E-state index in [1.54, 1.807) is 17.0 Å². The van der Waals surface area contributed by atoms with Crippen LogP contribution in [0.2, 0.25) is 5.02 Å². The van der Waals surface area contributed by atoms with Crippen molar-refractivity contribution in [1.82, 2.24) is 14.2 Å². The van der Waals surface area contributed by atoms with Gasteiger partial charge >= 0.3 is 0 Å². The first kappa shape index (κ1) is 25.1. The Hall–Kier alpha value is -2.04. The van der Waals surface area contributed by atoms with E-state index in [-0.39, 0.29) is 10.8 Å². The molecule has 1 saturated heterocycles. The van der Waals surface area contributed by atoms with E-state index in [4.69, 9.17) is 16.6 Å². The van der Waals surface area contributed by atoms with Crippen molar-refractivity contribution in [2.24, 2.45) is 0 Å². The van der Waals surface area contributed by atoms with Crippen LogP contribution in [0.25, 0.3) is 10.2 Å². The minimum absolute atomic E-state index is 0.141. The van der Waals surface area contributed by atoms with Crippen LogP contribution in [0.3, 0.4) is 0 Å². The summed E-state index contributed by atoms with van der Waals surface area (Å²) in [5.74, 6) is -0.231. The molecule has 0 spiro atoms. The number of amides is 1. The molecule has 2 aromatic carbocycles. The number of likely N-dealkylation sites (N-methyl/N-ethyl adjacent to an activating group) is 1. The number of carbonyl (C=O) groups excluding carboxylic acids is 1. The molecule has 1 unspecified atom stereocenters. The topological polar surface area (TPSA) is 73.8 Å². The third-order valence-electron chi connectivity index (χ3n) is 5.99. The normalized spacial score (nSPS) is 17.1. The largest absolute Gasteiger partial charge is 0.308 e. The molecule has 0 N–H and O–H groups in total. The highest BCUT2D eigenvalue weighted by Crippen LogP contribution is 2.34. The Balaban J connectivity index is 1.70. The molecule has 3 aromatic rings. The summed E-state index contributed by atoms with van der Waals surface area (Å²) in [6, 6.07) is 9.43.